The summed E-state index contributed by atoms with van der Waals surface area (Å²) in [7, 11) is 0. The molecule has 1 saturated heterocycles. The van der Waals surface area contributed by atoms with E-state index >= 15 is 0 Å². The number of anilines is 1. The Kier molecular flexibility index (Phi) is 8.60. The molecule has 1 unspecified atom stereocenters. The molecule has 34 heavy (non-hydrogen) atoms. The molecule has 0 spiro atoms. The summed E-state index contributed by atoms with van der Waals surface area (Å²) in [5, 5.41) is 5.75. The lowest BCUT2D eigenvalue weighted by molar-refractivity contribution is 0.0858. The topological polar surface area (TPSA) is 76.7 Å². The molecule has 1 heterocycles. The van der Waals surface area contributed by atoms with E-state index in [1.807, 2.05) is 18.2 Å². The van der Waals surface area contributed by atoms with Crippen LogP contribution in [0.3, 0.4) is 0 Å². The molecule has 6 nitrogen and oxygen atoms in total. The highest BCUT2D eigenvalue weighted by Gasteiger charge is 2.18. The molecule has 1 atom stereocenters. The minimum absolute atomic E-state index is 0.0587. The number of ether oxygens (including phenoxy) is 2. The van der Waals surface area contributed by atoms with Crippen molar-refractivity contribution < 1.29 is 19.1 Å². The van der Waals surface area contributed by atoms with Gasteiger partial charge in [0, 0.05) is 29.4 Å². The monoisotopic (exact) mass is 476 g/mol. The van der Waals surface area contributed by atoms with Crippen molar-refractivity contribution in [1.29, 1.82) is 0 Å². The first-order chi connectivity index (χ1) is 16.7. The normalized spacial score (nSPS) is 15.0. The molecule has 4 rings (SSSR count). The third-order valence-electron chi connectivity index (χ3n) is 5.41. The van der Waals surface area contributed by atoms with Gasteiger partial charge in [0.1, 0.15) is 5.75 Å². The molecule has 0 radical (unpaired) electrons. The molecule has 3 aromatic carbocycles. The Morgan fingerprint density at radius 3 is 2.47 bits per heavy atom. The Hall–Kier alpha value is -3.29. The molecule has 2 amide bonds. The third-order valence-corrected chi connectivity index (χ3v) is 6.39. The van der Waals surface area contributed by atoms with Crippen LogP contribution in [0.2, 0.25) is 0 Å². The number of carbonyl (C=O) groups is 2. The van der Waals surface area contributed by atoms with Crippen LogP contribution in [-0.2, 0) is 4.74 Å². The number of benzene rings is 3. The van der Waals surface area contributed by atoms with Crippen molar-refractivity contribution in [1.82, 2.24) is 5.32 Å². The van der Waals surface area contributed by atoms with Gasteiger partial charge in [-0.25, -0.2) is 0 Å². The average Bonchev–Trinajstić information content (AvgIpc) is 3.40. The van der Waals surface area contributed by atoms with Crippen LogP contribution in [0.4, 0.5) is 5.69 Å². The molecular weight excluding hydrogens is 448 g/mol. The molecule has 0 saturated carbocycles. The number of hydrogen-bond donors (Lipinski definition) is 2. The van der Waals surface area contributed by atoms with E-state index in [9.17, 15) is 9.59 Å². The van der Waals surface area contributed by atoms with E-state index < -0.39 is 0 Å². The van der Waals surface area contributed by atoms with Gasteiger partial charge in [-0.15, -0.1) is 11.8 Å². The van der Waals surface area contributed by atoms with Gasteiger partial charge in [-0.3, -0.25) is 9.59 Å². The van der Waals surface area contributed by atoms with Crippen LogP contribution < -0.4 is 15.4 Å². The second-order valence-corrected chi connectivity index (χ2v) is 9.05. The molecular formula is C27H28N2O4S. The second-order valence-electron chi connectivity index (χ2n) is 7.88. The van der Waals surface area contributed by atoms with Crippen LogP contribution in [-0.4, -0.2) is 43.4 Å². The molecule has 1 fully saturated rings. The van der Waals surface area contributed by atoms with Crippen LogP contribution in [0, 0.1) is 0 Å². The first-order valence-electron chi connectivity index (χ1n) is 11.4. The molecule has 1 aliphatic rings. The third kappa shape index (κ3) is 6.85. The Morgan fingerprint density at radius 1 is 0.941 bits per heavy atom. The molecule has 2 N–H and O–H groups in total. The van der Waals surface area contributed by atoms with Crippen LogP contribution in [0.25, 0.3) is 0 Å². The van der Waals surface area contributed by atoms with E-state index in [2.05, 4.69) is 22.8 Å². The minimum Gasteiger partial charge on any atom is -0.493 e. The summed E-state index contributed by atoms with van der Waals surface area (Å²) in [6.45, 7) is 1.77. The molecule has 1 aliphatic heterocycles. The Balaban J connectivity index is 1.28. The SMILES string of the molecule is O=C(Nc1ccccc1C(=O)NCC1CCCO1)c1ccc(OCCSc2ccccc2)cc1. The van der Waals surface area contributed by atoms with E-state index in [-0.39, 0.29) is 17.9 Å². The molecule has 0 bridgehead atoms. The second kappa shape index (κ2) is 12.3. The van der Waals surface area contributed by atoms with Gasteiger partial charge in [0.15, 0.2) is 0 Å². The van der Waals surface area contributed by atoms with Crippen molar-refractivity contribution in [3.05, 3.63) is 90.0 Å². The first kappa shape index (κ1) is 23.9. The largest absolute Gasteiger partial charge is 0.493 e. The maximum Gasteiger partial charge on any atom is 0.255 e. The van der Waals surface area contributed by atoms with Crippen LogP contribution in [0.5, 0.6) is 5.75 Å². The summed E-state index contributed by atoms with van der Waals surface area (Å²) >= 11 is 1.73. The highest BCUT2D eigenvalue weighted by atomic mass is 32.2. The Labute approximate surface area is 204 Å². The van der Waals surface area contributed by atoms with E-state index in [1.165, 1.54) is 4.90 Å². The number of rotatable bonds is 10. The highest BCUT2D eigenvalue weighted by Crippen LogP contribution is 2.20. The fourth-order valence-corrected chi connectivity index (χ4v) is 4.38. The fourth-order valence-electron chi connectivity index (χ4n) is 3.63. The van der Waals surface area contributed by atoms with Crippen molar-refractivity contribution in [2.45, 2.75) is 23.8 Å². The molecule has 0 aliphatic carbocycles. The highest BCUT2D eigenvalue weighted by molar-refractivity contribution is 7.99. The summed E-state index contributed by atoms with van der Waals surface area (Å²) in [4.78, 5) is 26.6. The smallest absolute Gasteiger partial charge is 0.255 e. The zero-order valence-electron chi connectivity index (χ0n) is 18.9. The maximum atomic E-state index is 12.8. The van der Waals surface area contributed by atoms with Gasteiger partial charge in [-0.05, 0) is 61.4 Å². The summed E-state index contributed by atoms with van der Waals surface area (Å²) < 4.78 is 11.3. The summed E-state index contributed by atoms with van der Waals surface area (Å²) in [6, 6.07) is 24.2. The summed E-state index contributed by atoms with van der Waals surface area (Å²) in [5.41, 5.74) is 1.38. The number of carbonyl (C=O) groups excluding carboxylic acids is 2. The lowest BCUT2D eigenvalue weighted by atomic mass is 10.1. The van der Waals surface area contributed by atoms with E-state index in [1.54, 1.807) is 60.3 Å². The minimum atomic E-state index is -0.287. The van der Waals surface area contributed by atoms with E-state index in [0.29, 0.717) is 35.7 Å². The first-order valence-corrected chi connectivity index (χ1v) is 12.4. The maximum absolute atomic E-state index is 12.8. The van der Waals surface area contributed by atoms with Gasteiger partial charge in [0.2, 0.25) is 0 Å². The van der Waals surface area contributed by atoms with Crippen molar-refractivity contribution in [3.8, 4) is 5.75 Å². The van der Waals surface area contributed by atoms with Crippen LogP contribution in [0.15, 0.2) is 83.8 Å². The quantitative estimate of drug-likeness (QED) is 0.317. The molecule has 7 heteroatoms. The number of amides is 2. The predicted octanol–water partition coefficient (Wildman–Crippen LogP) is 5.02. The molecule has 3 aromatic rings. The van der Waals surface area contributed by atoms with Crippen molar-refractivity contribution in [3.63, 3.8) is 0 Å². The van der Waals surface area contributed by atoms with Gasteiger partial charge < -0.3 is 20.1 Å². The van der Waals surface area contributed by atoms with Crippen molar-refractivity contribution in [2.24, 2.45) is 0 Å². The zero-order chi connectivity index (χ0) is 23.6. The van der Waals surface area contributed by atoms with Gasteiger partial charge in [0.05, 0.1) is 24.0 Å². The van der Waals surface area contributed by atoms with E-state index in [4.69, 9.17) is 9.47 Å². The zero-order valence-corrected chi connectivity index (χ0v) is 19.7. The number of nitrogens with one attached hydrogen (secondary N) is 2. The number of para-hydroxylation sites is 1. The van der Waals surface area contributed by atoms with Crippen molar-refractivity contribution in [2.75, 3.05) is 30.8 Å². The molecule has 176 valence electrons. The van der Waals surface area contributed by atoms with Gasteiger partial charge in [0.25, 0.3) is 11.8 Å². The Bertz CT molecular complexity index is 1080. The average molecular weight is 477 g/mol. The molecule has 0 aromatic heterocycles. The summed E-state index contributed by atoms with van der Waals surface area (Å²) in [5.74, 6) is 1.02. The number of hydrogen-bond acceptors (Lipinski definition) is 5. The van der Waals surface area contributed by atoms with Gasteiger partial charge in [-0.2, -0.15) is 0 Å². The predicted molar refractivity (Wildman–Crippen MR) is 135 cm³/mol. The standard InChI is InChI=1S/C27H28N2O4S/c30-26(20-12-14-21(15-13-20)33-17-18-34-23-8-2-1-3-9-23)29-25-11-5-4-10-24(25)27(31)28-19-22-7-6-16-32-22/h1-5,8-15,22H,6-7,16-19H2,(H,28,31)(H,29,30). The lowest BCUT2D eigenvalue weighted by Gasteiger charge is -2.14. The Morgan fingerprint density at radius 2 is 1.71 bits per heavy atom. The van der Waals surface area contributed by atoms with Crippen LogP contribution in [0.1, 0.15) is 33.6 Å². The van der Waals surface area contributed by atoms with Gasteiger partial charge >= 0.3 is 0 Å². The van der Waals surface area contributed by atoms with Gasteiger partial charge in [-0.1, -0.05) is 30.3 Å². The van der Waals surface area contributed by atoms with Crippen molar-refractivity contribution >= 4 is 29.3 Å². The van der Waals surface area contributed by atoms with Crippen LogP contribution >= 0.6 is 11.8 Å². The lowest BCUT2D eigenvalue weighted by Crippen LogP contribution is -2.32. The number of thioether (sulfide) groups is 1. The fraction of sp³-hybridized carbons (Fsp3) is 0.259. The summed E-state index contributed by atoms with van der Waals surface area (Å²) in [6.07, 6.45) is 2.02. The van der Waals surface area contributed by atoms with E-state index in [0.717, 1.165) is 25.2 Å².